The van der Waals surface area contributed by atoms with Gasteiger partial charge in [-0.2, -0.15) is 9.29 Å². The molecule has 1 aliphatic heterocycles. The van der Waals surface area contributed by atoms with Crippen molar-refractivity contribution in [3.63, 3.8) is 0 Å². The van der Waals surface area contributed by atoms with Crippen LogP contribution in [-0.2, 0) is 15.6 Å². The van der Waals surface area contributed by atoms with Crippen LogP contribution in [0.5, 0.6) is 0 Å². The second-order valence-corrected chi connectivity index (χ2v) is 8.95. The van der Waals surface area contributed by atoms with Crippen LogP contribution in [0, 0.1) is 5.82 Å². The van der Waals surface area contributed by atoms with Crippen molar-refractivity contribution < 1.29 is 17.3 Å². The Labute approximate surface area is 163 Å². The summed E-state index contributed by atoms with van der Waals surface area (Å²) < 4.78 is 46.5. The van der Waals surface area contributed by atoms with Crippen LogP contribution in [0.2, 0.25) is 0 Å². The molecule has 7 nitrogen and oxygen atoms in total. The zero-order valence-corrected chi connectivity index (χ0v) is 16.4. The summed E-state index contributed by atoms with van der Waals surface area (Å²) in [7, 11) is -3.89. The van der Waals surface area contributed by atoms with Crippen LogP contribution in [-0.4, -0.2) is 36.0 Å². The van der Waals surface area contributed by atoms with Crippen LogP contribution < -0.4 is 5.73 Å². The van der Waals surface area contributed by atoms with E-state index in [-0.39, 0.29) is 23.2 Å². The quantitative estimate of drug-likeness (QED) is 0.822. The summed E-state index contributed by atoms with van der Waals surface area (Å²) in [5.41, 5.74) is 5.97. The van der Waals surface area contributed by atoms with Crippen molar-refractivity contribution in [3.8, 4) is 11.5 Å². The molecule has 0 bridgehead atoms. The highest BCUT2D eigenvalue weighted by Gasteiger charge is 2.39. The van der Waals surface area contributed by atoms with Gasteiger partial charge in [0.1, 0.15) is 10.7 Å². The van der Waals surface area contributed by atoms with E-state index in [1.54, 1.807) is 0 Å². The lowest BCUT2D eigenvalue weighted by atomic mass is 9.77. The minimum absolute atomic E-state index is 0. The van der Waals surface area contributed by atoms with Crippen LogP contribution in [0.1, 0.15) is 44.3 Å². The first kappa shape index (κ1) is 20.2. The number of nitrogens with zero attached hydrogens (tertiary/aromatic N) is 3. The van der Waals surface area contributed by atoms with Gasteiger partial charge in [-0.05, 0) is 50.3 Å². The van der Waals surface area contributed by atoms with Gasteiger partial charge in [0.2, 0.25) is 10.0 Å². The maximum Gasteiger partial charge on any atom is 0.258 e. The number of aromatic nitrogens is 2. The summed E-state index contributed by atoms with van der Waals surface area (Å²) >= 11 is 0. The number of piperidine rings is 1. The Balaban J connectivity index is 0.00000210. The van der Waals surface area contributed by atoms with Crippen molar-refractivity contribution in [1.82, 2.24) is 14.4 Å². The van der Waals surface area contributed by atoms with E-state index in [9.17, 15) is 12.8 Å². The van der Waals surface area contributed by atoms with E-state index in [0.717, 1.165) is 44.6 Å². The fourth-order valence-electron chi connectivity index (χ4n) is 3.40. The first-order valence-corrected chi connectivity index (χ1v) is 10.3. The molecule has 1 saturated carbocycles. The van der Waals surface area contributed by atoms with Gasteiger partial charge in [0.25, 0.3) is 5.89 Å². The summed E-state index contributed by atoms with van der Waals surface area (Å²) in [5, 5.41) is 3.93. The molecule has 0 unspecified atom stereocenters. The Morgan fingerprint density at radius 2 is 1.85 bits per heavy atom. The maximum atomic E-state index is 14.3. The average molecular weight is 417 g/mol. The van der Waals surface area contributed by atoms with Crippen molar-refractivity contribution >= 4 is 22.4 Å². The molecule has 1 aromatic heterocycles. The summed E-state index contributed by atoms with van der Waals surface area (Å²) in [4.78, 5) is 3.95. The second kappa shape index (κ2) is 7.46. The van der Waals surface area contributed by atoms with E-state index >= 15 is 0 Å². The summed E-state index contributed by atoms with van der Waals surface area (Å²) in [5.74, 6) is -0.233. The molecule has 1 saturated heterocycles. The fraction of sp³-hybridized carbons (Fsp3) is 0.529. The lowest BCUT2D eigenvalue weighted by molar-refractivity contribution is 0.229. The van der Waals surface area contributed by atoms with Crippen molar-refractivity contribution in [2.45, 2.75) is 49.0 Å². The van der Waals surface area contributed by atoms with Crippen molar-refractivity contribution in [1.29, 1.82) is 0 Å². The van der Waals surface area contributed by atoms with Gasteiger partial charge in [0, 0.05) is 18.7 Å². The van der Waals surface area contributed by atoms with Crippen LogP contribution in [0.15, 0.2) is 27.6 Å². The van der Waals surface area contributed by atoms with Gasteiger partial charge in [-0.25, -0.2) is 12.8 Å². The summed E-state index contributed by atoms with van der Waals surface area (Å²) in [6.07, 6.45) is 5.13. The van der Waals surface area contributed by atoms with E-state index in [2.05, 4.69) is 10.1 Å². The topological polar surface area (TPSA) is 102 Å². The number of halogens is 2. The molecule has 0 atom stereocenters. The first-order chi connectivity index (χ1) is 12.4. The Morgan fingerprint density at radius 3 is 2.48 bits per heavy atom. The Morgan fingerprint density at radius 1 is 1.15 bits per heavy atom. The maximum absolute atomic E-state index is 14.3. The van der Waals surface area contributed by atoms with Gasteiger partial charge >= 0.3 is 0 Å². The van der Waals surface area contributed by atoms with Gasteiger partial charge < -0.3 is 10.3 Å². The van der Waals surface area contributed by atoms with Gasteiger partial charge in [-0.3, -0.25) is 0 Å². The largest absolute Gasteiger partial charge is 0.334 e. The van der Waals surface area contributed by atoms with Crippen LogP contribution >= 0.6 is 12.4 Å². The zero-order valence-electron chi connectivity index (χ0n) is 14.7. The Kier molecular flexibility index (Phi) is 5.58. The molecule has 2 N–H and O–H groups in total. The van der Waals surface area contributed by atoms with Crippen molar-refractivity contribution in [2.75, 3.05) is 13.1 Å². The monoisotopic (exact) mass is 416 g/mol. The molecular weight excluding hydrogens is 395 g/mol. The third kappa shape index (κ3) is 3.61. The molecule has 0 spiro atoms. The molecule has 148 valence electrons. The van der Waals surface area contributed by atoms with Gasteiger partial charge in [0.05, 0.1) is 5.54 Å². The number of hydrogen-bond acceptors (Lipinski definition) is 6. The molecule has 2 aliphatic rings. The standard InChI is InChI=1S/C17H21FN4O3S.ClH/c18-13-6-5-12(15-20-16(21-25-15)17(19)7-4-8-17)11-14(13)26(23,24)22-9-2-1-3-10-22;/h5-6,11H,1-4,7-10,19H2;1H. The third-order valence-corrected chi connectivity index (χ3v) is 7.14. The number of nitrogens with two attached hydrogens (primary N) is 1. The van der Waals surface area contributed by atoms with Gasteiger partial charge in [-0.1, -0.05) is 11.6 Å². The average Bonchev–Trinajstić information content (AvgIpc) is 3.11. The number of rotatable bonds is 4. The van der Waals surface area contributed by atoms with E-state index in [1.165, 1.54) is 16.4 Å². The lowest BCUT2D eigenvalue weighted by Gasteiger charge is -2.34. The van der Waals surface area contributed by atoms with Crippen molar-refractivity contribution in [2.24, 2.45) is 5.73 Å². The molecule has 2 aromatic rings. The third-order valence-electron chi connectivity index (χ3n) is 5.23. The minimum atomic E-state index is -3.89. The van der Waals surface area contributed by atoms with Crippen LogP contribution in [0.3, 0.4) is 0 Å². The fourth-order valence-corrected chi connectivity index (χ4v) is 5.01. The zero-order chi connectivity index (χ0) is 18.4. The van der Waals surface area contributed by atoms with E-state index in [0.29, 0.717) is 24.5 Å². The highest BCUT2D eigenvalue weighted by molar-refractivity contribution is 7.89. The van der Waals surface area contributed by atoms with Crippen LogP contribution in [0.25, 0.3) is 11.5 Å². The molecule has 0 radical (unpaired) electrons. The second-order valence-electron chi connectivity index (χ2n) is 7.04. The highest BCUT2D eigenvalue weighted by Crippen LogP contribution is 2.38. The lowest BCUT2D eigenvalue weighted by Crippen LogP contribution is -2.44. The van der Waals surface area contributed by atoms with E-state index in [4.69, 9.17) is 10.3 Å². The number of hydrogen-bond donors (Lipinski definition) is 1. The van der Waals surface area contributed by atoms with Gasteiger partial charge in [-0.15, -0.1) is 12.4 Å². The molecule has 2 fully saturated rings. The van der Waals surface area contributed by atoms with Crippen LogP contribution in [0.4, 0.5) is 4.39 Å². The molecule has 27 heavy (non-hydrogen) atoms. The minimum Gasteiger partial charge on any atom is -0.334 e. The first-order valence-electron chi connectivity index (χ1n) is 8.83. The highest BCUT2D eigenvalue weighted by atomic mass is 35.5. The molecule has 4 rings (SSSR count). The number of benzene rings is 1. The Hall–Kier alpha value is -1.55. The molecule has 2 heterocycles. The molecule has 1 aliphatic carbocycles. The van der Waals surface area contributed by atoms with Crippen molar-refractivity contribution in [3.05, 3.63) is 29.8 Å². The normalized spacial score (nSPS) is 19.9. The molecule has 1 aromatic carbocycles. The molecule has 10 heteroatoms. The molecular formula is C17H22ClFN4O3S. The Bertz CT molecular complexity index is 924. The SMILES string of the molecule is Cl.NC1(c2noc(-c3ccc(F)c(S(=O)(=O)N4CCCCC4)c3)n2)CCC1. The predicted octanol–water partition coefficient (Wildman–Crippen LogP) is 2.81. The van der Waals surface area contributed by atoms with E-state index < -0.39 is 21.4 Å². The summed E-state index contributed by atoms with van der Waals surface area (Å²) in [6, 6.07) is 3.82. The smallest absolute Gasteiger partial charge is 0.258 e. The number of sulfonamides is 1. The molecule has 0 amide bonds. The van der Waals surface area contributed by atoms with Gasteiger partial charge in [0.15, 0.2) is 5.82 Å². The summed E-state index contributed by atoms with van der Waals surface area (Å²) in [6.45, 7) is 0.818. The predicted molar refractivity (Wildman–Crippen MR) is 99.3 cm³/mol. The van der Waals surface area contributed by atoms with E-state index in [1.807, 2.05) is 0 Å².